The molecule has 0 aliphatic heterocycles. The molecule has 0 aliphatic carbocycles. The first-order chi connectivity index (χ1) is 9.38. The fraction of sp³-hybridized carbons (Fsp3) is 0.250. The van der Waals surface area contributed by atoms with Crippen molar-refractivity contribution in [1.82, 2.24) is 0 Å². The first-order valence-corrected chi connectivity index (χ1v) is 7.42. The second-order valence-corrected chi connectivity index (χ2v) is 5.17. The summed E-state index contributed by atoms with van der Waals surface area (Å²) in [6.07, 6.45) is 0. The average molecular weight is 274 g/mol. The standard InChI is InChI=1S/C16H18O2S/c1-17-16-9-5-6-14(12-16)13-19-11-10-18-15-7-3-2-4-8-15/h2-9,12H,10-11,13H2,1H3. The van der Waals surface area contributed by atoms with E-state index in [9.17, 15) is 0 Å². The first-order valence-electron chi connectivity index (χ1n) is 6.27. The third-order valence-corrected chi connectivity index (χ3v) is 3.64. The van der Waals surface area contributed by atoms with Crippen LogP contribution in [0.2, 0.25) is 0 Å². The van der Waals surface area contributed by atoms with Crippen LogP contribution in [0.1, 0.15) is 5.56 Å². The van der Waals surface area contributed by atoms with E-state index < -0.39 is 0 Å². The summed E-state index contributed by atoms with van der Waals surface area (Å²) in [5.41, 5.74) is 1.28. The summed E-state index contributed by atoms with van der Waals surface area (Å²) in [4.78, 5) is 0. The van der Waals surface area contributed by atoms with Crippen LogP contribution in [0.15, 0.2) is 54.6 Å². The molecule has 0 fully saturated rings. The molecule has 0 atom stereocenters. The molecule has 0 bridgehead atoms. The number of benzene rings is 2. The first kappa shape index (κ1) is 13.8. The zero-order valence-electron chi connectivity index (χ0n) is 11.0. The van der Waals surface area contributed by atoms with E-state index in [1.807, 2.05) is 54.2 Å². The largest absolute Gasteiger partial charge is 0.497 e. The molecular formula is C16H18O2S. The maximum absolute atomic E-state index is 5.64. The quantitative estimate of drug-likeness (QED) is 0.711. The molecule has 0 aromatic heterocycles. The van der Waals surface area contributed by atoms with Crippen molar-refractivity contribution < 1.29 is 9.47 Å². The van der Waals surface area contributed by atoms with E-state index >= 15 is 0 Å². The monoisotopic (exact) mass is 274 g/mol. The molecule has 0 heterocycles. The smallest absolute Gasteiger partial charge is 0.119 e. The molecule has 2 nitrogen and oxygen atoms in total. The van der Waals surface area contributed by atoms with Crippen molar-refractivity contribution in [2.24, 2.45) is 0 Å². The van der Waals surface area contributed by atoms with Crippen LogP contribution in [0.3, 0.4) is 0 Å². The van der Waals surface area contributed by atoms with Crippen LogP contribution in [0.5, 0.6) is 11.5 Å². The van der Waals surface area contributed by atoms with Gasteiger partial charge in [0.15, 0.2) is 0 Å². The Kier molecular flexibility index (Phi) is 5.63. The highest BCUT2D eigenvalue weighted by Gasteiger charge is 1.97. The zero-order valence-corrected chi connectivity index (χ0v) is 11.9. The summed E-state index contributed by atoms with van der Waals surface area (Å²) in [7, 11) is 1.69. The highest BCUT2D eigenvalue weighted by atomic mass is 32.2. The van der Waals surface area contributed by atoms with E-state index in [1.54, 1.807) is 7.11 Å². The lowest BCUT2D eigenvalue weighted by molar-refractivity contribution is 0.344. The van der Waals surface area contributed by atoms with Crippen molar-refractivity contribution in [3.05, 3.63) is 60.2 Å². The summed E-state index contributed by atoms with van der Waals surface area (Å²) >= 11 is 1.86. The predicted octanol–water partition coefficient (Wildman–Crippen LogP) is 4.01. The molecular weight excluding hydrogens is 256 g/mol. The zero-order chi connectivity index (χ0) is 13.3. The summed E-state index contributed by atoms with van der Waals surface area (Å²) < 4.78 is 10.8. The molecule has 0 saturated carbocycles. The Balaban J connectivity index is 1.66. The maximum atomic E-state index is 5.64. The number of thioether (sulfide) groups is 1. The van der Waals surface area contributed by atoms with Gasteiger partial charge >= 0.3 is 0 Å². The Morgan fingerprint density at radius 1 is 0.947 bits per heavy atom. The van der Waals surface area contributed by atoms with Crippen LogP contribution in [-0.2, 0) is 5.75 Å². The Morgan fingerprint density at radius 3 is 2.53 bits per heavy atom. The molecule has 0 unspecified atom stereocenters. The van der Waals surface area contributed by atoms with E-state index in [2.05, 4.69) is 12.1 Å². The molecule has 19 heavy (non-hydrogen) atoms. The molecule has 0 saturated heterocycles. The average Bonchev–Trinajstić information content (AvgIpc) is 2.48. The van der Waals surface area contributed by atoms with Gasteiger partial charge < -0.3 is 9.47 Å². The van der Waals surface area contributed by atoms with Crippen molar-refractivity contribution in [3.63, 3.8) is 0 Å². The third-order valence-electron chi connectivity index (χ3n) is 2.64. The number of para-hydroxylation sites is 1. The van der Waals surface area contributed by atoms with E-state index in [0.717, 1.165) is 29.6 Å². The molecule has 0 radical (unpaired) electrons. The van der Waals surface area contributed by atoms with Crippen molar-refractivity contribution in [2.45, 2.75) is 5.75 Å². The molecule has 2 aromatic rings. The van der Waals surface area contributed by atoms with Crippen molar-refractivity contribution >= 4 is 11.8 Å². The van der Waals surface area contributed by atoms with E-state index in [1.165, 1.54) is 5.56 Å². The minimum absolute atomic E-state index is 0.735. The van der Waals surface area contributed by atoms with Crippen LogP contribution >= 0.6 is 11.8 Å². The number of rotatable bonds is 7. The molecule has 0 aliphatic rings. The molecule has 2 aromatic carbocycles. The van der Waals surface area contributed by atoms with Gasteiger partial charge in [0, 0.05) is 11.5 Å². The minimum Gasteiger partial charge on any atom is -0.497 e. The van der Waals surface area contributed by atoms with Crippen LogP contribution in [0, 0.1) is 0 Å². The van der Waals surface area contributed by atoms with Gasteiger partial charge in [0.1, 0.15) is 11.5 Å². The van der Waals surface area contributed by atoms with Gasteiger partial charge in [0.2, 0.25) is 0 Å². The molecule has 2 rings (SSSR count). The number of methoxy groups -OCH3 is 1. The van der Waals surface area contributed by atoms with Gasteiger partial charge in [-0.15, -0.1) is 0 Å². The van der Waals surface area contributed by atoms with Crippen LogP contribution < -0.4 is 9.47 Å². The highest BCUT2D eigenvalue weighted by Crippen LogP contribution is 2.18. The topological polar surface area (TPSA) is 18.5 Å². The van der Waals surface area contributed by atoms with Gasteiger partial charge in [0.25, 0.3) is 0 Å². The van der Waals surface area contributed by atoms with Gasteiger partial charge in [-0.25, -0.2) is 0 Å². The fourth-order valence-corrected chi connectivity index (χ4v) is 2.45. The van der Waals surface area contributed by atoms with Gasteiger partial charge in [-0.3, -0.25) is 0 Å². The molecule has 0 spiro atoms. The lowest BCUT2D eigenvalue weighted by atomic mass is 10.2. The summed E-state index contributed by atoms with van der Waals surface area (Å²) in [5.74, 6) is 3.81. The number of hydrogen-bond acceptors (Lipinski definition) is 3. The summed E-state index contributed by atoms with van der Waals surface area (Å²) in [5, 5.41) is 0. The highest BCUT2D eigenvalue weighted by molar-refractivity contribution is 7.98. The number of ether oxygens (including phenoxy) is 2. The number of hydrogen-bond donors (Lipinski definition) is 0. The molecule has 0 N–H and O–H groups in total. The Morgan fingerprint density at radius 2 is 1.74 bits per heavy atom. The van der Waals surface area contributed by atoms with Crippen LogP contribution in [-0.4, -0.2) is 19.5 Å². The molecule has 3 heteroatoms. The fourth-order valence-electron chi connectivity index (χ4n) is 1.69. The minimum atomic E-state index is 0.735. The summed E-state index contributed by atoms with van der Waals surface area (Å²) in [6.45, 7) is 0.735. The van der Waals surface area contributed by atoms with Gasteiger partial charge in [0.05, 0.1) is 13.7 Å². The van der Waals surface area contributed by atoms with E-state index in [-0.39, 0.29) is 0 Å². The van der Waals surface area contributed by atoms with Crippen molar-refractivity contribution in [3.8, 4) is 11.5 Å². The summed E-state index contributed by atoms with van der Waals surface area (Å²) in [6, 6.07) is 18.1. The Labute approximate surface area is 118 Å². The lowest BCUT2D eigenvalue weighted by Gasteiger charge is -2.06. The SMILES string of the molecule is COc1cccc(CSCCOc2ccccc2)c1. The Hall–Kier alpha value is -1.61. The maximum Gasteiger partial charge on any atom is 0.119 e. The second kappa shape index (κ2) is 7.74. The predicted molar refractivity (Wildman–Crippen MR) is 81.1 cm³/mol. The molecule has 100 valence electrons. The van der Waals surface area contributed by atoms with Crippen molar-refractivity contribution in [1.29, 1.82) is 0 Å². The van der Waals surface area contributed by atoms with E-state index in [4.69, 9.17) is 9.47 Å². The van der Waals surface area contributed by atoms with Crippen molar-refractivity contribution in [2.75, 3.05) is 19.5 Å². The van der Waals surface area contributed by atoms with E-state index in [0.29, 0.717) is 0 Å². The third kappa shape index (κ3) is 4.87. The van der Waals surface area contributed by atoms with Gasteiger partial charge in [-0.2, -0.15) is 11.8 Å². The van der Waals surface area contributed by atoms with Crippen LogP contribution in [0.25, 0.3) is 0 Å². The van der Waals surface area contributed by atoms with Gasteiger partial charge in [-0.05, 0) is 29.8 Å². The Bertz CT molecular complexity index is 485. The lowest BCUT2D eigenvalue weighted by Crippen LogP contribution is -2.00. The normalized spacial score (nSPS) is 10.2. The second-order valence-electron chi connectivity index (χ2n) is 4.07. The molecule has 0 amide bonds. The van der Waals surface area contributed by atoms with Gasteiger partial charge in [-0.1, -0.05) is 30.3 Å². The van der Waals surface area contributed by atoms with Crippen LogP contribution in [0.4, 0.5) is 0 Å².